The summed E-state index contributed by atoms with van der Waals surface area (Å²) in [5.74, 6) is -0.609. The topological polar surface area (TPSA) is 72.2 Å². The number of carbonyl (C=O) groups is 1. The highest BCUT2D eigenvalue weighted by molar-refractivity contribution is 7.17. The third kappa shape index (κ3) is 3.19. The van der Waals surface area contributed by atoms with Gasteiger partial charge in [-0.15, -0.1) is 11.3 Å². The van der Waals surface area contributed by atoms with Gasteiger partial charge in [-0.3, -0.25) is 9.36 Å². The van der Waals surface area contributed by atoms with E-state index in [0.717, 1.165) is 24.0 Å². The summed E-state index contributed by atoms with van der Waals surface area (Å²) in [6.45, 7) is 6.97. The number of carboxylic acid groups (broad SMARTS) is 1. The molecule has 0 radical (unpaired) electrons. The first-order chi connectivity index (χ1) is 13.7. The van der Waals surface area contributed by atoms with Crippen molar-refractivity contribution >= 4 is 27.5 Å². The van der Waals surface area contributed by atoms with Gasteiger partial charge in [-0.1, -0.05) is 32.0 Å². The molecule has 1 aromatic carbocycles. The fourth-order valence-corrected chi connectivity index (χ4v) is 5.09. The molecule has 0 unspecified atom stereocenters. The van der Waals surface area contributed by atoms with Crippen LogP contribution >= 0.6 is 11.3 Å². The molecule has 0 saturated carbocycles. The summed E-state index contributed by atoms with van der Waals surface area (Å²) in [6, 6.07) is 6.44. The zero-order valence-electron chi connectivity index (χ0n) is 17.3. The number of aryl methyl sites for hydroxylation is 2. The van der Waals surface area contributed by atoms with Gasteiger partial charge >= 0.3 is 5.97 Å². The smallest absolute Gasteiger partial charge is 0.329 e. The number of carboxylic acids is 1. The van der Waals surface area contributed by atoms with Crippen LogP contribution in [-0.4, -0.2) is 20.6 Å². The molecule has 0 bridgehead atoms. The van der Waals surface area contributed by atoms with Gasteiger partial charge in [0.25, 0.3) is 5.56 Å². The van der Waals surface area contributed by atoms with Gasteiger partial charge in [-0.25, -0.2) is 9.78 Å². The number of nitrogens with zero attached hydrogens (tertiary/aromatic N) is 2. The predicted octanol–water partition coefficient (Wildman–Crippen LogP) is 4.95. The third-order valence-electron chi connectivity index (χ3n) is 5.89. The summed E-state index contributed by atoms with van der Waals surface area (Å²) in [4.78, 5) is 31.0. The van der Waals surface area contributed by atoms with Crippen molar-refractivity contribution in [2.45, 2.75) is 64.8 Å². The molecule has 0 fully saturated rings. The Hall–Kier alpha value is -2.47. The minimum atomic E-state index is -1.38. The molecule has 1 N–H and O–H groups in total. The van der Waals surface area contributed by atoms with Crippen LogP contribution in [0.2, 0.25) is 0 Å². The van der Waals surface area contributed by atoms with E-state index < -0.39 is 11.5 Å². The van der Waals surface area contributed by atoms with Gasteiger partial charge < -0.3 is 5.11 Å². The van der Waals surface area contributed by atoms with Crippen molar-refractivity contribution in [1.82, 2.24) is 9.55 Å². The van der Waals surface area contributed by atoms with Gasteiger partial charge in [0.1, 0.15) is 16.2 Å². The lowest BCUT2D eigenvalue weighted by atomic mass is 9.89. The number of aromatic nitrogens is 2. The van der Waals surface area contributed by atoms with Crippen molar-refractivity contribution in [3.05, 3.63) is 50.9 Å². The van der Waals surface area contributed by atoms with Crippen LogP contribution in [0.15, 0.2) is 28.4 Å². The number of fused-ring (bicyclic) bond motifs is 2. The van der Waals surface area contributed by atoms with Crippen LogP contribution in [0.5, 0.6) is 0 Å². The number of hydrogen-bond acceptors (Lipinski definition) is 4. The van der Waals surface area contributed by atoms with Crippen LogP contribution in [0.3, 0.4) is 0 Å². The summed E-state index contributed by atoms with van der Waals surface area (Å²) < 4.78 is 1.37. The Labute approximate surface area is 174 Å². The lowest BCUT2D eigenvalue weighted by Gasteiger charge is -2.27. The molecule has 0 saturated heterocycles. The fraction of sp³-hybridized carbons (Fsp3) is 0.435. The summed E-state index contributed by atoms with van der Waals surface area (Å²) in [5.41, 5.74) is 2.94. The number of hydrogen-bond donors (Lipinski definition) is 1. The molecule has 0 aliphatic heterocycles. The second kappa shape index (κ2) is 7.10. The van der Waals surface area contributed by atoms with Crippen molar-refractivity contribution < 1.29 is 9.90 Å². The summed E-state index contributed by atoms with van der Waals surface area (Å²) in [6.07, 6.45) is 4.60. The number of thiophene rings is 1. The van der Waals surface area contributed by atoms with Gasteiger partial charge in [-0.2, -0.15) is 0 Å². The normalized spacial score (nSPS) is 14.4. The summed E-state index contributed by atoms with van der Waals surface area (Å²) in [7, 11) is 0. The van der Waals surface area contributed by atoms with E-state index in [0.29, 0.717) is 16.0 Å². The maximum Gasteiger partial charge on any atom is 0.329 e. The maximum atomic E-state index is 13.6. The highest BCUT2D eigenvalue weighted by atomic mass is 32.1. The van der Waals surface area contributed by atoms with E-state index in [1.54, 1.807) is 13.8 Å². The number of rotatable bonds is 4. The first kappa shape index (κ1) is 19.8. The van der Waals surface area contributed by atoms with E-state index in [2.05, 4.69) is 18.2 Å². The van der Waals surface area contributed by atoms with Gasteiger partial charge in [-0.05, 0) is 56.2 Å². The minimum absolute atomic E-state index is 0.0694. The number of aliphatic carboxylic acids is 1. The number of benzene rings is 1. The zero-order chi connectivity index (χ0) is 20.9. The fourth-order valence-electron chi connectivity index (χ4n) is 4.14. The first-order valence-corrected chi connectivity index (χ1v) is 11.0. The molecule has 0 atom stereocenters. The van der Waals surface area contributed by atoms with Crippen LogP contribution in [0.25, 0.3) is 21.3 Å². The van der Waals surface area contributed by atoms with Crippen molar-refractivity contribution in [2.24, 2.45) is 0 Å². The van der Waals surface area contributed by atoms with Gasteiger partial charge in [0, 0.05) is 16.9 Å². The van der Waals surface area contributed by atoms with E-state index in [-0.39, 0.29) is 11.5 Å². The van der Waals surface area contributed by atoms with Gasteiger partial charge in [0.15, 0.2) is 0 Å². The molecule has 3 aromatic rings. The van der Waals surface area contributed by atoms with Gasteiger partial charge in [0.2, 0.25) is 0 Å². The Morgan fingerprint density at radius 2 is 1.90 bits per heavy atom. The van der Waals surface area contributed by atoms with Crippen LogP contribution in [0.4, 0.5) is 0 Å². The molecule has 1 aliphatic carbocycles. The Morgan fingerprint density at radius 1 is 1.21 bits per heavy atom. The molecule has 4 rings (SSSR count). The molecule has 5 nitrogen and oxygen atoms in total. The predicted molar refractivity (Wildman–Crippen MR) is 117 cm³/mol. The highest BCUT2D eigenvalue weighted by Gasteiger charge is 2.35. The van der Waals surface area contributed by atoms with E-state index >= 15 is 0 Å². The van der Waals surface area contributed by atoms with Crippen LogP contribution in [0.1, 0.15) is 63.4 Å². The third-order valence-corrected chi connectivity index (χ3v) is 6.76. The molecule has 0 spiro atoms. The second-order valence-corrected chi connectivity index (χ2v) is 9.51. The second-order valence-electron chi connectivity index (χ2n) is 8.65. The van der Waals surface area contributed by atoms with Crippen LogP contribution < -0.4 is 5.56 Å². The molecule has 2 heterocycles. The van der Waals surface area contributed by atoms with E-state index in [1.165, 1.54) is 39.9 Å². The van der Waals surface area contributed by atoms with Crippen LogP contribution in [-0.2, 0) is 23.2 Å². The molecule has 1 aliphatic rings. The minimum Gasteiger partial charge on any atom is -0.480 e. The van der Waals surface area contributed by atoms with Crippen molar-refractivity contribution in [2.75, 3.05) is 0 Å². The highest BCUT2D eigenvalue weighted by Crippen LogP contribution is 2.35. The first-order valence-electron chi connectivity index (χ1n) is 10.1. The SMILES string of the molecule is CC(C)c1nc2scc(-c3ccc4c(c3)CCCC4)c2c(=O)n1C(C)(C)C(=O)O. The summed E-state index contributed by atoms with van der Waals surface area (Å²) >= 11 is 1.45. The van der Waals surface area contributed by atoms with E-state index in [1.807, 2.05) is 19.2 Å². The van der Waals surface area contributed by atoms with E-state index in [4.69, 9.17) is 4.98 Å². The molecule has 6 heteroatoms. The van der Waals surface area contributed by atoms with Crippen molar-refractivity contribution in [1.29, 1.82) is 0 Å². The Balaban J connectivity index is 1.99. The molecular formula is C23H26N2O3S. The maximum absolute atomic E-state index is 13.6. The van der Waals surface area contributed by atoms with Crippen LogP contribution in [0, 0.1) is 0 Å². The quantitative estimate of drug-likeness (QED) is 0.661. The molecular weight excluding hydrogens is 384 g/mol. The summed E-state index contributed by atoms with van der Waals surface area (Å²) in [5, 5.41) is 12.3. The zero-order valence-corrected chi connectivity index (χ0v) is 18.1. The molecule has 0 amide bonds. The average Bonchev–Trinajstić information content (AvgIpc) is 3.11. The average molecular weight is 411 g/mol. The lowest BCUT2D eigenvalue weighted by Crippen LogP contribution is -2.45. The monoisotopic (exact) mass is 410 g/mol. The Morgan fingerprint density at radius 3 is 2.55 bits per heavy atom. The Kier molecular flexibility index (Phi) is 4.85. The van der Waals surface area contributed by atoms with Gasteiger partial charge in [0.05, 0.1) is 5.39 Å². The lowest BCUT2D eigenvalue weighted by molar-refractivity contribution is -0.146. The molecule has 152 valence electrons. The molecule has 29 heavy (non-hydrogen) atoms. The largest absolute Gasteiger partial charge is 0.480 e. The molecule has 2 aromatic heterocycles. The van der Waals surface area contributed by atoms with Crippen molar-refractivity contribution in [3.63, 3.8) is 0 Å². The Bertz CT molecular complexity index is 1170. The van der Waals surface area contributed by atoms with Crippen molar-refractivity contribution in [3.8, 4) is 11.1 Å². The standard InChI is InChI=1S/C23H26N2O3S/c1-13(2)19-24-20-18(21(26)25(19)23(3,4)22(27)28)17(12-29-20)16-10-9-14-7-5-6-8-15(14)11-16/h9-13H,5-8H2,1-4H3,(H,27,28). The van der Waals surface area contributed by atoms with E-state index in [9.17, 15) is 14.7 Å².